The van der Waals surface area contributed by atoms with E-state index in [1.807, 2.05) is 6.07 Å². The van der Waals surface area contributed by atoms with Gasteiger partial charge in [-0.2, -0.15) is 13.2 Å². The number of carbonyl (C=O) groups is 2. The van der Waals surface area contributed by atoms with Gasteiger partial charge in [0.25, 0.3) is 17.4 Å². The van der Waals surface area contributed by atoms with E-state index in [1.54, 1.807) is 26.2 Å². The van der Waals surface area contributed by atoms with Crippen LogP contribution >= 0.6 is 11.6 Å². The van der Waals surface area contributed by atoms with Crippen LogP contribution in [-0.2, 0) is 10.4 Å². The highest BCUT2D eigenvalue weighted by Gasteiger charge is 2.63. The first-order valence-electron chi connectivity index (χ1n) is 12.9. The molecule has 1 unspecified atom stereocenters. The van der Waals surface area contributed by atoms with Gasteiger partial charge in [-0.25, -0.2) is 4.39 Å². The summed E-state index contributed by atoms with van der Waals surface area (Å²) >= 11 is 6.37. The fraction of sp³-hybridized carbons (Fsp3) is 0.500. The van der Waals surface area contributed by atoms with E-state index in [1.165, 1.54) is 11.0 Å². The topological polar surface area (TPSA) is 64.1 Å². The van der Waals surface area contributed by atoms with Gasteiger partial charge in [0.15, 0.2) is 0 Å². The third kappa shape index (κ3) is 5.72. The number of alkyl halides is 3. The first-order valence-corrected chi connectivity index (χ1v) is 13.3. The van der Waals surface area contributed by atoms with E-state index >= 15 is 0 Å². The quantitative estimate of drug-likeness (QED) is 0.510. The van der Waals surface area contributed by atoms with Crippen LogP contribution < -0.4 is 4.90 Å². The summed E-state index contributed by atoms with van der Waals surface area (Å²) in [6.45, 7) is 1.66. The Hall–Kier alpha value is -2.85. The van der Waals surface area contributed by atoms with Crippen LogP contribution in [0.25, 0.3) is 0 Å². The highest BCUT2D eigenvalue weighted by atomic mass is 35.5. The lowest BCUT2D eigenvalue weighted by Gasteiger charge is -2.42. The van der Waals surface area contributed by atoms with Gasteiger partial charge in [0.2, 0.25) is 0 Å². The van der Waals surface area contributed by atoms with Crippen LogP contribution in [-0.4, -0.2) is 73.2 Å². The summed E-state index contributed by atoms with van der Waals surface area (Å²) in [4.78, 5) is 29.9. The Balaban J connectivity index is 1.36. The minimum Gasteiger partial charge on any atom is -0.371 e. The van der Waals surface area contributed by atoms with E-state index in [0.29, 0.717) is 29.3 Å². The number of likely N-dealkylation sites (tertiary alicyclic amines) is 1. The van der Waals surface area contributed by atoms with Crippen molar-refractivity contribution in [2.45, 2.75) is 37.5 Å². The lowest BCUT2D eigenvalue weighted by molar-refractivity contribution is -0.263. The van der Waals surface area contributed by atoms with Gasteiger partial charge < -0.3 is 19.8 Å². The highest BCUT2D eigenvalue weighted by Crippen LogP contribution is 2.43. The number of amides is 2. The van der Waals surface area contributed by atoms with Crippen molar-refractivity contribution in [3.05, 3.63) is 64.4 Å². The molecule has 4 rings (SSSR count). The standard InChI is InChI=1S/C28H32ClF4N3O3/c1-34(2)25(37)21-8-7-20(17-23(21)29)35-13-9-18(10-14-35)19-11-15-36(16-12-19)26(38)27(39,28(31,32)33)22-5-3-4-6-24(22)30/h3-8,17-19,39H,9-16H2,1-2H3. The first-order chi connectivity index (χ1) is 18.3. The van der Waals surface area contributed by atoms with Crippen LogP contribution in [0, 0.1) is 17.7 Å². The largest absolute Gasteiger partial charge is 0.430 e. The van der Waals surface area contributed by atoms with E-state index in [4.69, 9.17) is 11.6 Å². The second kappa shape index (κ2) is 11.3. The molecule has 0 aromatic heterocycles. The zero-order valence-corrected chi connectivity index (χ0v) is 22.6. The number of hydrogen-bond acceptors (Lipinski definition) is 4. The van der Waals surface area contributed by atoms with Crippen molar-refractivity contribution in [1.29, 1.82) is 0 Å². The summed E-state index contributed by atoms with van der Waals surface area (Å²) in [5.41, 5.74) is -3.66. The van der Waals surface area contributed by atoms with Crippen molar-refractivity contribution in [3.63, 3.8) is 0 Å². The Kier molecular flexibility index (Phi) is 8.47. The highest BCUT2D eigenvalue weighted by molar-refractivity contribution is 6.34. The molecule has 2 saturated heterocycles. The van der Waals surface area contributed by atoms with Crippen LogP contribution in [0.1, 0.15) is 41.6 Å². The van der Waals surface area contributed by atoms with E-state index in [-0.39, 0.29) is 24.9 Å². The van der Waals surface area contributed by atoms with Crippen molar-refractivity contribution in [2.75, 3.05) is 45.2 Å². The van der Waals surface area contributed by atoms with Gasteiger partial charge in [-0.05, 0) is 61.8 Å². The molecule has 1 N–H and O–H groups in total. The fourth-order valence-electron chi connectivity index (χ4n) is 5.69. The zero-order valence-electron chi connectivity index (χ0n) is 21.8. The van der Waals surface area contributed by atoms with Gasteiger partial charge in [0.05, 0.1) is 10.6 Å². The predicted octanol–water partition coefficient (Wildman–Crippen LogP) is 5.09. The molecule has 0 saturated carbocycles. The Morgan fingerprint density at radius 3 is 2.03 bits per heavy atom. The van der Waals surface area contributed by atoms with Crippen molar-refractivity contribution in [3.8, 4) is 0 Å². The monoisotopic (exact) mass is 569 g/mol. The molecule has 2 aromatic rings. The van der Waals surface area contributed by atoms with Crippen molar-refractivity contribution < 1.29 is 32.3 Å². The van der Waals surface area contributed by atoms with Gasteiger partial charge in [-0.1, -0.05) is 29.8 Å². The number of aliphatic hydroxyl groups is 1. The number of benzene rings is 2. The molecule has 212 valence electrons. The molecule has 39 heavy (non-hydrogen) atoms. The Morgan fingerprint density at radius 1 is 0.949 bits per heavy atom. The van der Waals surface area contributed by atoms with Crippen molar-refractivity contribution >= 4 is 29.1 Å². The maximum atomic E-state index is 14.3. The van der Waals surface area contributed by atoms with E-state index in [0.717, 1.165) is 54.7 Å². The molecule has 2 aromatic carbocycles. The number of anilines is 1. The number of halogens is 5. The zero-order chi connectivity index (χ0) is 28.5. The smallest absolute Gasteiger partial charge is 0.371 e. The molecule has 2 aliphatic rings. The molecule has 11 heteroatoms. The van der Waals surface area contributed by atoms with Crippen LogP contribution in [0.5, 0.6) is 0 Å². The van der Waals surface area contributed by atoms with Crippen LogP contribution in [0.3, 0.4) is 0 Å². The molecule has 1 atom stereocenters. The molecular weight excluding hydrogens is 538 g/mol. The summed E-state index contributed by atoms with van der Waals surface area (Å²) in [6.07, 6.45) is -2.62. The minimum absolute atomic E-state index is 0.0630. The second-order valence-corrected chi connectivity index (χ2v) is 10.9. The summed E-state index contributed by atoms with van der Waals surface area (Å²) in [5, 5.41) is 11.0. The molecule has 2 amide bonds. The Bertz CT molecular complexity index is 1210. The maximum Gasteiger partial charge on any atom is 0.430 e. The number of hydrogen-bond donors (Lipinski definition) is 1. The number of carbonyl (C=O) groups excluding carboxylic acids is 2. The molecule has 0 radical (unpaired) electrons. The molecule has 2 heterocycles. The average molecular weight is 570 g/mol. The van der Waals surface area contributed by atoms with Gasteiger partial charge in [-0.15, -0.1) is 0 Å². The van der Waals surface area contributed by atoms with E-state index < -0.39 is 29.1 Å². The SMILES string of the molecule is CN(C)C(=O)c1ccc(N2CCC(C3CCN(C(=O)C(O)(c4ccccc4F)C(F)(F)F)CC3)CC2)cc1Cl. The summed E-state index contributed by atoms with van der Waals surface area (Å²) in [6, 6.07) is 9.34. The fourth-order valence-corrected chi connectivity index (χ4v) is 5.95. The summed E-state index contributed by atoms with van der Waals surface area (Å²) < 4.78 is 56.1. The lowest BCUT2D eigenvalue weighted by Crippen LogP contribution is -2.57. The molecule has 2 fully saturated rings. The third-order valence-corrected chi connectivity index (χ3v) is 8.28. The molecular formula is C28H32ClF4N3O3. The third-order valence-electron chi connectivity index (χ3n) is 7.97. The predicted molar refractivity (Wildman–Crippen MR) is 140 cm³/mol. The van der Waals surface area contributed by atoms with Crippen molar-refractivity contribution in [2.24, 2.45) is 11.8 Å². The summed E-state index contributed by atoms with van der Waals surface area (Å²) in [7, 11) is 3.33. The second-order valence-electron chi connectivity index (χ2n) is 10.5. The maximum absolute atomic E-state index is 14.3. The molecule has 2 aliphatic heterocycles. The van der Waals surface area contributed by atoms with E-state index in [9.17, 15) is 32.3 Å². The lowest BCUT2D eigenvalue weighted by atomic mass is 9.78. The number of nitrogens with zero attached hydrogens (tertiary/aromatic N) is 3. The minimum atomic E-state index is -5.38. The van der Waals surface area contributed by atoms with Gasteiger partial charge in [-0.3, -0.25) is 9.59 Å². The van der Waals surface area contributed by atoms with Gasteiger partial charge in [0, 0.05) is 51.5 Å². The number of piperidine rings is 2. The van der Waals surface area contributed by atoms with Crippen LogP contribution in [0.15, 0.2) is 42.5 Å². The molecule has 6 nitrogen and oxygen atoms in total. The van der Waals surface area contributed by atoms with Crippen LogP contribution in [0.2, 0.25) is 5.02 Å². The number of rotatable bonds is 5. The molecule has 0 aliphatic carbocycles. The molecule has 0 spiro atoms. The van der Waals surface area contributed by atoms with Gasteiger partial charge >= 0.3 is 6.18 Å². The van der Waals surface area contributed by atoms with Gasteiger partial charge in [0.1, 0.15) is 5.82 Å². The Morgan fingerprint density at radius 2 is 1.51 bits per heavy atom. The summed E-state index contributed by atoms with van der Waals surface area (Å²) in [5.74, 6) is -2.42. The molecule has 0 bridgehead atoms. The van der Waals surface area contributed by atoms with Crippen molar-refractivity contribution in [1.82, 2.24) is 9.80 Å². The first kappa shape index (κ1) is 29.1. The van der Waals surface area contributed by atoms with Crippen LogP contribution in [0.4, 0.5) is 23.2 Å². The average Bonchev–Trinajstić information content (AvgIpc) is 2.91. The Labute approximate surface area is 230 Å². The van der Waals surface area contributed by atoms with E-state index in [2.05, 4.69) is 4.90 Å². The normalized spacial score (nSPS) is 19.1.